The van der Waals surface area contributed by atoms with E-state index in [1.165, 1.54) is 25.5 Å². The second-order valence-corrected chi connectivity index (χ2v) is 7.46. The second-order valence-electron chi connectivity index (χ2n) is 7.46. The summed E-state index contributed by atoms with van der Waals surface area (Å²) >= 11 is 0. The van der Waals surface area contributed by atoms with Gasteiger partial charge in [0.1, 0.15) is 5.82 Å². The number of furan rings is 1. The highest BCUT2D eigenvalue weighted by molar-refractivity contribution is 6.03. The van der Waals surface area contributed by atoms with Crippen LogP contribution in [0, 0.1) is 0 Å². The van der Waals surface area contributed by atoms with Gasteiger partial charge >= 0.3 is 0 Å². The van der Waals surface area contributed by atoms with Gasteiger partial charge < -0.3 is 14.3 Å². The van der Waals surface area contributed by atoms with Gasteiger partial charge in [-0.3, -0.25) is 9.69 Å². The topological polar surface area (TPSA) is 63.3 Å². The van der Waals surface area contributed by atoms with Crippen molar-refractivity contribution >= 4 is 22.6 Å². The number of carbonyl (C=O) groups is 1. The molecule has 1 N–H and O–H groups in total. The molecule has 0 spiro atoms. The molecular formula is C21H26N4O2. The minimum absolute atomic E-state index is 0.254. The number of fused-ring (bicyclic) bond motifs is 1. The Kier molecular flexibility index (Phi) is 4.99. The number of piperidine rings is 1. The highest BCUT2D eigenvalue weighted by Gasteiger charge is 2.18. The van der Waals surface area contributed by atoms with Crippen molar-refractivity contribution in [2.75, 3.05) is 18.4 Å². The number of rotatable bonds is 5. The Morgan fingerprint density at radius 2 is 2.04 bits per heavy atom. The Morgan fingerprint density at radius 3 is 2.74 bits per heavy atom. The van der Waals surface area contributed by atoms with Gasteiger partial charge in [-0.2, -0.15) is 0 Å². The molecule has 0 unspecified atom stereocenters. The van der Waals surface area contributed by atoms with Gasteiger partial charge in [-0.1, -0.05) is 6.42 Å². The molecule has 0 aliphatic carbocycles. The number of benzene rings is 1. The molecule has 1 saturated heterocycles. The lowest BCUT2D eigenvalue weighted by Crippen LogP contribution is -2.30. The van der Waals surface area contributed by atoms with Crippen molar-refractivity contribution < 1.29 is 9.21 Å². The molecule has 1 amide bonds. The molecule has 1 aromatic carbocycles. The van der Waals surface area contributed by atoms with Gasteiger partial charge in [-0.05, 0) is 70.1 Å². The van der Waals surface area contributed by atoms with Crippen molar-refractivity contribution in [3.8, 4) is 0 Å². The van der Waals surface area contributed by atoms with Crippen LogP contribution in [0.3, 0.4) is 0 Å². The molecule has 1 fully saturated rings. The van der Waals surface area contributed by atoms with Gasteiger partial charge in [0.05, 0.1) is 23.8 Å². The molecule has 0 bridgehead atoms. The molecule has 3 heterocycles. The molecule has 3 aromatic rings. The Balaban J connectivity index is 1.61. The number of nitrogens with zero attached hydrogens (tertiary/aromatic N) is 3. The van der Waals surface area contributed by atoms with E-state index < -0.39 is 0 Å². The lowest BCUT2D eigenvalue weighted by atomic mass is 10.1. The molecule has 0 atom stereocenters. The van der Waals surface area contributed by atoms with Crippen molar-refractivity contribution in [3.63, 3.8) is 0 Å². The summed E-state index contributed by atoms with van der Waals surface area (Å²) in [6.07, 6.45) is 5.36. The van der Waals surface area contributed by atoms with Crippen LogP contribution in [0.25, 0.3) is 11.0 Å². The first-order valence-corrected chi connectivity index (χ1v) is 9.70. The molecule has 6 heteroatoms. The van der Waals surface area contributed by atoms with E-state index >= 15 is 0 Å². The average Bonchev–Trinajstić information content (AvgIpc) is 3.29. The van der Waals surface area contributed by atoms with Crippen LogP contribution in [-0.4, -0.2) is 33.4 Å². The van der Waals surface area contributed by atoms with E-state index in [0.717, 1.165) is 42.2 Å². The summed E-state index contributed by atoms with van der Waals surface area (Å²) in [6, 6.07) is 9.59. The van der Waals surface area contributed by atoms with Crippen LogP contribution in [0.4, 0.5) is 5.69 Å². The van der Waals surface area contributed by atoms with Gasteiger partial charge in [0.25, 0.3) is 5.91 Å². The highest BCUT2D eigenvalue weighted by atomic mass is 16.3. The first kappa shape index (κ1) is 17.8. The van der Waals surface area contributed by atoms with Crippen LogP contribution in [0.15, 0.2) is 41.0 Å². The first-order valence-electron chi connectivity index (χ1n) is 9.70. The van der Waals surface area contributed by atoms with Gasteiger partial charge in [-0.25, -0.2) is 4.98 Å². The summed E-state index contributed by atoms with van der Waals surface area (Å²) in [5, 5.41) is 2.88. The highest BCUT2D eigenvalue weighted by Crippen LogP contribution is 2.26. The van der Waals surface area contributed by atoms with E-state index in [4.69, 9.17) is 9.40 Å². The fraction of sp³-hybridized carbons (Fsp3) is 0.429. The maximum Gasteiger partial charge on any atom is 0.291 e. The van der Waals surface area contributed by atoms with Crippen LogP contribution in [0.1, 0.15) is 55.5 Å². The minimum Gasteiger partial charge on any atom is -0.459 e. The largest absolute Gasteiger partial charge is 0.459 e. The van der Waals surface area contributed by atoms with Crippen LogP contribution in [0.5, 0.6) is 0 Å². The Morgan fingerprint density at radius 1 is 1.22 bits per heavy atom. The zero-order valence-electron chi connectivity index (χ0n) is 15.9. The predicted octanol–water partition coefficient (Wildman–Crippen LogP) is 4.45. The number of nitrogens with one attached hydrogen (secondary N) is 1. The molecule has 4 rings (SSSR count). The zero-order chi connectivity index (χ0) is 18.8. The van der Waals surface area contributed by atoms with E-state index in [9.17, 15) is 4.79 Å². The molecule has 0 saturated carbocycles. The predicted molar refractivity (Wildman–Crippen MR) is 106 cm³/mol. The lowest BCUT2D eigenvalue weighted by molar-refractivity contribution is 0.0996. The quantitative estimate of drug-likeness (QED) is 0.725. The van der Waals surface area contributed by atoms with Gasteiger partial charge in [0.2, 0.25) is 0 Å². The van der Waals surface area contributed by atoms with Crippen molar-refractivity contribution in [1.82, 2.24) is 14.5 Å². The molecular weight excluding hydrogens is 340 g/mol. The Hall–Kier alpha value is -2.60. The summed E-state index contributed by atoms with van der Waals surface area (Å²) in [5.41, 5.74) is 2.74. The molecule has 27 heavy (non-hydrogen) atoms. The number of anilines is 1. The second kappa shape index (κ2) is 7.56. The fourth-order valence-electron chi connectivity index (χ4n) is 3.83. The molecule has 142 valence electrons. The summed E-state index contributed by atoms with van der Waals surface area (Å²) in [4.78, 5) is 19.6. The third-order valence-corrected chi connectivity index (χ3v) is 5.10. The maximum absolute atomic E-state index is 12.2. The molecule has 2 aromatic heterocycles. The number of imidazole rings is 1. The third kappa shape index (κ3) is 3.76. The number of likely N-dealkylation sites (tertiary alicyclic amines) is 1. The smallest absolute Gasteiger partial charge is 0.291 e. The standard InChI is InChI=1S/C21H26N4O2/c1-15(2)25-18-9-8-16(22-21(26)19-7-6-12-27-19)13-17(18)23-20(25)14-24-10-4-3-5-11-24/h6-9,12-13,15H,3-5,10-11,14H2,1-2H3,(H,22,26). The summed E-state index contributed by atoms with van der Waals surface area (Å²) in [7, 11) is 0. The monoisotopic (exact) mass is 366 g/mol. The normalized spacial score (nSPS) is 15.5. The summed E-state index contributed by atoms with van der Waals surface area (Å²) < 4.78 is 7.46. The van der Waals surface area contributed by atoms with E-state index in [2.05, 4.69) is 28.6 Å². The maximum atomic E-state index is 12.2. The van der Waals surface area contributed by atoms with Gasteiger partial charge in [0.15, 0.2) is 5.76 Å². The van der Waals surface area contributed by atoms with E-state index in [-0.39, 0.29) is 5.91 Å². The molecule has 1 aliphatic heterocycles. The van der Waals surface area contributed by atoms with Crippen molar-refractivity contribution in [3.05, 3.63) is 48.2 Å². The van der Waals surface area contributed by atoms with Crippen LogP contribution < -0.4 is 5.32 Å². The molecule has 1 aliphatic rings. The molecule has 6 nitrogen and oxygen atoms in total. The van der Waals surface area contributed by atoms with Crippen LogP contribution >= 0.6 is 0 Å². The van der Waals surface area contributed by atoms with Crippen LogP contribution in [0.2, 0.25) is 0 Å². The summed E-state index contributed by atoms with van der Waals surface area (Å²) in [6.45, 7) is 7.54. The fourth-order valence-corrected chi connectivity index (χ4v) is 3.83. The lowest BCUT2D eigenvalue weighted by Gasteiger charge is -2.26. The number of amides is 1. The van der Waals surface area contributed by atoms with Gasteiger partial charge in [0, 0.05) is 11.7 Å². The van der Waals surface area contributed by atoms with Crippen molar-refractivity contribution in [2.45, 2.75) is 45.7 Å². The number of hydrogen-bond acceptors (Lipinski definition) is 4. The third-order valence-electron chi connectivity index (χ3n) is 5.10. The average molecular weight is 366 g/mol. The zero-order valence-corrected chi connectivity index (χ0v) is 15.9. The summed E-state index contributed by atoms with van der Waals surface area (Å²) in [5.74, 6) is 1.14. The van der Waals surface area contributed by atoms with E-state index in [1.807, 2.05) is 18.2 Å². The van der Waals surface area contributed by atoms with Crippen molar-refractivity contribution in [2.24, 2.45) is 0 Å². The van der Waals surface area contributed by atoms with Crippen LogP contribution in [-0.2, 0) is 6.54 Å². The SMILES string of the molecule is CC(C)n1c(CN2CCCCC2)nc2cc(NC(=O)c3ccco3)ccc21. The number of aromatic nitrogens is 2. The Bertz CT molecular complexity index is 921. The number of hydrogen-bond donors (Lipinski definition) is 1. The number of carbonyl (C=O) groups excluding carboxylic acids is 1. The van der Waals surface area contributed by atoms with Gasteiger partial charge in [-0.15, -0.1) is 0 Å². The Labute approximate surface area is 159 Å². The first-order chi connectivity index (χ1) is 13.1. The van der Waals surface area contributed by atoms with E-state index in [0.29, 0.717) is 11.8 Å². The van der Waals surface area contributed by atoms with E-state index in [1.54, 1.807) is 12.1 Å². The minimum atomic E-state index is -0.254. The molecule has 0 radical (unpaired) electrons. The van der Waals surface area contributed by atoms with Crippen molar-refractivity contribution in [1.29, 1.82) is 0 Å².